The summed E-state index contributed by atoms with van der Waals surface area (Å²) in [5, 5.41) is 6.38. The molecule has 3 heterocycles. The van der Waals surface area contributed by atoms with Gasteiger partial charge in [0.05, 0.1) is 0 Å². The van der Waals surface area contributed by atoms with Crippen LogP contribution in [-0.4, -0.2) is 16.7 Å². The number of anilines is 1. The molecule has 2 aliphatic rings. The smallest absolute Gasteiger partial charge is 0.255 e. The SMILES string of the molecule is CC1=C(C(=O)Nc2cc(C)ccn2)C(c2cc(C)sc2C)C2=C(CC(C)(C)CC2=O)N1. The number of thiophene rings is 1. The molecule has 1 aliphatic heterocycles. The maximum atomic E-state index is 13.5. The molecule has 2 aromatic rings. The second-order valence-corrected chi connectivity index (χ2v) is 10.9. The number of Topliss-reactive ketones (excluding diaryl/α,β-unsaturated/α-hetero) is 1. The van der Waals surface area contributed by atoms with Crippen LogP contribution in [0.3, 0.4) is 0 Å². The summed E-state index contributed by atoms with van der Waals surface area (Å²) in [7, 11) is 0. The molecular weight excluding hydrogens is 406 g/mol. The summed E-state index contributed by atoms with van der Waals surface area (Å²) in [6.45, 7) is 12.3. The van der Waals surface area contributed by atoms with Gasteiger partial charge in [-0.05, 0) is 68.9 Å². The predicted octanol–water partition coefficient (Wildman–Crippen LogP) is 5.31. The lowest BCUT2D eigenvalue weighted by molar-refractivity contribution is -0.118. The van der Waals surface area contributed by atoms with Gasteiger partial charge in [0, 0.05) is 50.8 Å². The number of carbonyl (C=O) groups excluding carboxylic acids is 2. The zero-order valence-electron chi connectivity index (χ0n) is 19.0. The van der Waals surface area contributed by atoms with Crippen molar-refractivity contribution in [2.45, 2.75) is 60.3 Å². The van der Waals surface area contributed by atoms with E-state index in [1.165, 1.54) is 4.88 Å². The molecule has 1 aliphatic carbocycles. The number of ketones is 1. The van der Waals surface area contributed by atoms with E-state index in [1.54, 1.807) is 17.5 Å². The number of carbonyl (C=O) groups is 2. The summed E-state index contributed by atoms with van der Waals surface area (Å²) in [4.78, 5) is 33.5. The van der Waals surface area contributed by atoms with Crippen LogP contribution in [0.15, 0.2) is 46.9 Å². The summed E-state index contributed by atoms with van der Waals surface area (Å²) in [5.41, 5.74) is 5.06. The number of allylic oxidation sites excluding steroid dienone is 3. The van der Waals surface area contributed by atoms with Crippen molar-refractivity contribution in [3.63, 3.8) is 0 Å². The van der Waals surface area contributed by atoms with Crippen LogP contribution < -0.4 is 10.6 Å². The molecule has 1 atom stereocenters. The second-order valence-electron chi connectivity index (χ2n) is 9.47. The van der Waals surface area contributed by atoms with Crippen LogP contribution in [0.1, 0.15) is 60.4 Å². The molecule has 0 fully saturated rings. The zero-order valence-corrected chi connectivity index (χ0v) is 19.8. The van der Waals surface area contributed by atoms with Crippen LogP contribution >= 0.6 is 11.3 Å². The van der Waals surface area contributed by atoms with Crippen LogP contribution in [0.4, 0.5) is 5.82 Å². The van der Waals surface area contributed by atoms with Crippen molar-refractivity contribution >= 4 is 28.8 Å². The third-order valence-electron chi connectivity index (χ3n) is 6.03. The van der Waals surface area contributed by atoms with E-state index in [-0.39, 0.29) is 23.0 Å². The van der Waals surface area contributed by atoms with Gasteiger partial charge < -0.3 is 10.6 Å². The fraction of sp³-hybridized carbons (Fsp3) is 0.400. The Morgan fingerprint density at radius 3 is 2.58 bits per heavy atom. The molecule has 0 saturated carbocycles. The highest BCUT2D eigenvalue weighted by Crippen LogP contribution is 2.48. The number of nitrogens with one attached hydrogen (secondary N) is 2. The molecule has 6 heteroatoms. The summed E-state index contributed by atoms with van der Waals surface area (Å²) >= 11 is 1.70. The molecule has 5 nitrogen and oxygen atoms in total. The molecule has 0 aromatic carbocycles. The highest BCUT2D eigenvalue weighted by molar-refractivity contribution is 7.12. The number of hydrogen-bond donors (Lipinski definition) is 2. The van der Waals surface area contributed by atoms with Crippen LogP contribution in [0, 0.1) is 26.2 Å². The Kier molecular flexibility index (Phi) is 5.38. The minimum absolute atomic E-state index is 0.0986. The van der Waals surface area contributed by atoms with E-state index in [1.807, 2.05) is 26.0 Å². The average Bonchev–Trinajstić information content (AvgIpc) is 2.97. The molecule has 1 unspecified atom stereocenters. The number of nitrogens with zero attached hydrogens (tertiary/aromatic N) is 1. The summed E-state index contributed by atoms with van der Waals surface area (Å²) in [6.07, 6.45) is 2.96. The maximum Gasteiger partial charge on any atom is 0.255 e. The van der Waals surface area contributed by atoms with Gasteiger partial charge >= 0.3 is 0 Å². The number of hydrogen-bond acceptors (Lipinski definition) is 5. The van der Waals surface area contributed by atoms with Crippen molar-refractivity contribution in [2.75, 3.05) is 5.32 Å². The number of aromatic nitrogens is 1. The quantitative estimate of drug-likeness (QED) is 0.685. The molecule has 31 heavy (non-hydrogen) atoms. The van der Waals surface area contributed by atoms with E-state index in [9.17, 15) is 9.59 Å². The summed E-state index contributed by atoms with van der Waals surface area (Å²) < 4.78 is 0. The first-order valence-electron chi connectivity index (χ1n) is 10.6. The van der Waals surface area contributed by atoms with Gasteiger partial charge in [0.25, 0.3) is 5.91 Å². The van der Waals surface area contributed by atoms with E-state index < -0.39 is 0 Å². The standard InChI is InChI=1S/C25H29N3O2S/c1-13-7-8-26-20(9-13)28-24(30)21-15(3)27-18-11-25(5,6)12-19(29)23(18)22(21)17-10-14(2)31-16(17)4/h7-10,22,27H,11-12H2,1-6H3,(H,26,28,30). The molecular formula is C25H29N3O2S. The van der Waals surface area contributed by atoms with E-state index in [0.29, 0.717) is 17.8 Å². The number of dihydropyridines is 1. The molecule has 0 saturated heterocycles. The molecule has 0 spiro atoms. The maximum absolute atomic E-state index is 13.5. The van der Waals surface area contributed by atoms with E-state index in [0.717, 1.165) is 39.4 Å². The fourth-order valence-corrected chi connectivity index (χ4v) is 5.74. The molecule has 0 bridgehead atoms. The monoisotopic (exact) mass is 435 g/mol. The first kappa shape index (κ1) is 21.5. The Morgan fingerprint density at radius 1 is 1.19 bits per heavy atom. The highest BCUT2D eigenvalue weighted by atomic mass is 32.1. The van der Waals surface area contributed by atoms with Crippen molar-refractivity contribution in [3.05, 3.63) is 67.8 Å². The lowest BCUT2D eigenvalue weighted by atomic mass is 9.68. The second kappa shape index (κ2) is 7.75. The molecule has 162 valence electrons. The van der Waals surface area contributed by atoms with Gasteiger partial charge in [0.2, 0.25) is 0 Å². The van der Waals surface area contributed by atoms with Gasteiger partial charge in [0.1, 0.15) is 5.82 Å². The summed E-state index contributed by atoms with van der Waals surface area (Å²) in [6, 6.07) is 5.86. The molecule has 1 amide bonds. The van der Waals surface area contributed by atoms with Crippen LogP contribution in [-0.2, 0) is 9.59 Å². The molecule has 2 aromatic heterocycles. The minimum atomic E-state index is -0.366. The van der Waals surface area contributed by atoms with Crippen molar-refractivity contribution < 1.29 is 9.59 Å². The molecule has 0 radical (unpaired) electrons. The minimum Gasteiger partial charge on any atom is -0.362 e. The Hall–Kier alpha value is -2.73. The van der Waals surface area contributed by atoms with Gasteiger partial charge in [-0.3, -0.25) is 9.59 Å². The number of aryl methyl sites for hydroxylation is 3. The van der Waals surface area contributed by atoms with E-state index in [2.05, 4.69) is 49.4 Å². The third-order valence-corrected chi connectivity index (χ3v) is 7.01. The highest BCUT2D eigenvalue weighted by Gasteiger charge is 2.43. The lowest BCUT2D eigenvalue weighted by Crippen LogP contribution is -2.39. The van der Waals surface area contributed by atoms with E-state index >= 15 is 0 Å². The molecule has 2 N–H and O–H groups in total. The average molecular weight is 436 g/mol. The Bertz CT molecular complexity index is 1150. The fourth-order valence-electron chi connectivity index (χ4n) is 4.77. The van der Waals surface area contributed by atoms with Gasteiger partial charge in [-0.1, -0.05) is 13.8 Å². The van der Waals surface area contributed by atoms with Gasteiger partial charge in [-0.15, -0.1) is 11.3 Å². The first-order chi connectivity index (χ1) is 14.6. The van der Waals surface area contributed by atoms with Gasteiger partial charge in [-0.25, -0.2) is 4.98 Å². The van der Waals surface area contributed by atoms with Gasteiger partial charge in [-0.2, -0.15) is 0 Å². The van der Waals surface area contributed by atoms with Gasteiger partial charge in [0.15, 0.2) is 5.78 Å². The topological polar surface area (TPSA) is 71.1 Å². The van der Waals surface area contributed by atoms with Crippen LogP contribution in [0.5, 0.6) is 0 Å². The third kappa shape index (κ3) is 4.09. The Labute approximate surface area is 187 Å². The van der Waals surface area contributed by atoms with Crippen molar-refractivity contribution in [2.24, 2.45) is 5.41 Å². The zero-order chi connectivity index (χ0) is 22.5. The van der Waals surface area contributed by atoms with Crippen LogP contribution in [0.2, 0.25) is 0 Å². The van der Waals surface area contributed by atoms with Crippen molar-refractivity contribution in [3.8, 4) is 0 Å². The van der Waals surface area contributed by atoms with Crippen LogP contribution in [0.25, 0.3) is 0 Å². The normalized spacial score (nSPS) is 20.5. The number of pyridine rings is 1. The molecule has 4 rings (SSSR count). The number of amides is 1. The van der Waals surface area contributed by atoms with E-state index in [4.69, 9.17) is 0 Å². The Balaban J connectivity index is 1.82. The van der Waals surface area contributed by atoms with Crippen molar-refractivity contribution in [1.29, 1.82) is 0 Å². The first-order valence-corrected chi connectivity index (χ1v) is 11.4. The number of rotatable bonds is 3. The predicted molar refractivity (Wildman–Crippen MR) is 125 cm³/mol. The summed E-state index contributed by atoms with van der Waals surface area (Å²) in [5.74, 6) is 0.0479. The van der Waals surface area contributed by atoms with Crippen molar-refractivity contribution in [1.82, 2.24) is 10.3 Å². The largest absolute Gasteiger partial charge is 0.362 e. The Morgan fingerprint density at radius 2 is 1.94 bits per heavy atom. The lowest BCUT2D eigenvalue weighted by Gasteiger charge is -2.39.